The zero-order chi connectivity index (χ0) is 13.9. The van der Waals surface area contributed by atoms with Gasteiger partial charge in [-0.25, -0.2) is 4.98 Å². The first-order valence-electron chi connectivity index (χ1n) is 6.30. The van der Waals surface area contributed by atoms with Crippen LogP contribution in [0, 0.1) is 18.3 Å². The Labute approximate surface area is 116 Å². The van der Waals surface area contributed by atoms with Crippen molar-refractivity contribution in [3.8, 4) is 17.6 Å². The Balaban J connectivity index is 1.92. The molecule has 3 rings (SSSR count). The first-order valence-corrected chi connectivity index (χ1v) is 6.30. The highest BCUT2D eigenvalue weighted by molar-refractivity contribution is 5.66. The minimum absolute atomic E-state index is 0.544. The van der Waals surface area contributed by atoms with E-state index in [4.69, 9.17) is 9.47 Å². The van der Waals surface area contributed by atoms with Gasteiger partial charge in [0.2, 0.25) is 0 Å². The van der Waals surface area contributed by atoms with Crippen molar-refractivity contribution in [3.63, 3.8) is 0 Å². The molecule has 0 spiro atoms. The van der Waals surface area contributed by atoms with Crippen LogP contribution in [0.2, 0.25) is 0 Å². The third-order valence-electron chi connectivity index (χ3n) is 3.08. The monoisotopic (exact) mass is 267 g/mol. The molecular weight excluding hydrogens is 254 g/mol. The average Bonchev–Trinajstić information content (AvgIpc) is 2.47. The molecule has 0 saturated heterocycles. The lowest BCUT2D eigenvalue weighted by molar-refractivity contribution is 0.171. The van der Waals surface area contributed by atoms with E-state index in [9.17, 15) is 5.26 Å². The number of rotatable bonds is 2. The number of nitriles is 1. The third kappa shape index (κ3) is 2.24. The van der Waals surface area contributed by atoms with Gasteiger partial charge in [-0.05, 0) is 30.7 Å². The van der Waals surface area contributed by atoms with Crippen molar-refractivity contribution in [1.82, 2.24) is 4.98 Å². The van der Waals surface area contributed by atoms with Gasteiger partial charge < -0.3 is 14.8 Å². The molecule has 5 heteroatoms. The van der Waals surface area contributed by atoms with Crippen molar-refractivity contribution in [3.05, 3.63) is 41.6 Å². The van der Waals surface area contributed by atoms with Crippen LogP contribution in [0.1, 0.15) is 11.1 Å². The molecule has 0 saturated carbocycles. The predicted molar refractivity (Wildman–Crippen MR) is 74.4 cm³/mol. The van der Waals surface area contributed by atoms with Crippen molar-refractivity contribution in [2.45, 2.75) is 6.92 Å². The summed E-state index contributed by atoms with van der Waals surface area (Å²) in [5.41, 5.74) is 2.24. The minimum atomic E-state index is 0.544. The van der Waals surface area contributed by atoms with Crippen molar-refractivity contribution < 1.29 is 9.47 Å². The van der Waals surface area contributed by atoms with E-state index in [2.05, 4.69) is 16.4 Å². The maximum Gasteiger partial charge on any atom is 0.163 e. The molecule has 5 nitrogen and oxygen atoms in total. The molecule has 2 aromatic rings. The molecule has 0 atom stereocenters. The molecule has 1 aliphatic rings. The second-order valence-electron chi connectivity index (χ2n) is 4.45. The molecule has 20 heavy (non-hydrogen) atoms. The van der Waals surface area contributed by atoms with Crippen LogP contribution < -0.4 is 14.8 Å². The lowest BCUT2D eigenvalue weighted by atomic mass is 10.1. The minimum Gasteiger partial charge on any atom is -0.486 e. The summed E-state index contributed by atoms with van der Waals surface area (Å²) in [4.78, 5) is 4.21. The van der Waals surface area contributed by atoms with Crippen molar-refractivity contribution in [2.24, 2.45) is 0 Å². The van der Waals surface area contributed by atoms with Crippen LogP contribution >= 0.6 is 0 Å². The highest BCUT2D eigenvalue weighted by Crippen LogP contribution is 2.33. The largest absolute Gasteiger partial charge is 0.486 e. The number of pyridine rings is 1. The van der Waals surface area contributed by atoms with Crippen LogP contribution in [0.4, 0.5) is 11.5 Å². The van der Waals surface area contributed by atoms with Gasteiger partial charge in [0, 0.05) is 18.0 Å². The van der Waals surface area contributed by atoms with Gasteiger partial charge in [-0.3, -0.25) is 0 Å². The Morgan fingerprint density at radius 1 is 1.20 bits per heavy atom. The van der Waals surface area contributed by atoms with Gasteiger partial charge in [0.05, 0.1) is 5.56 Å². The van der Waals surface area contributed by atoms with Crippen LogP contribution in [-0.2, 0) is 0 Å². The molecule has 1 aromatic carbocycles. The number of nitrogens with zero attached hydrogens (tertiary/aromatic N) is 2. The Hall–Kier alpha value is -2.74. The van der Waals surface area contributed by atoms with Gasteiger partial charge in [-0.1, -0.05) is 0 Å². The Bertz CT molecular complexity index is 692. The van der Waals surface area contributed by atoms with E-state index < -0.39 is 0 Å². The van der Waals surface area contributed by atoms with E-state index in [1.165, 1.54) is 0 Å². The van der Waals surface area contributed by atoms with Gasteiger partial charge >= 0.3 is 0 Å². The first-order chi connectivity index (χ1) is 9.78. The molecule has 1 N–H and O–H groups in total. The summed E-state index contributed by atoms with van der Waals surface area (Å²) in [7, 11) is 0. The van der Waals surface area contributed by atoms with E-state index in [1.807, 2.05) is 31.2 Å². The topological polar surface area (TPSA) is 67.2 Å². The normalized spacial score (nSPS) is 12.6. The number of benzene rings is 1. The summed E-state index contributed by atoms with van der Waals surface area (Å²) in [5, 5.41) is 12.3. The summed E-state index contributed by atoms with van der Waals surface area (Å²) < 4.78 is 11.0. The number of aromatic nitrogens is 1. The fraction of sp³-hybridized carbons (Fsp3) is 0.200. The first kappa shape index (κ1) is 12.3. The van der Waals surface area contributed by atoms with Crippen LogP contribution in [0.5, 0.6) is 11.5 Å². The van der Waals surface area contributed by atoms with Crippen molar-refractivity contribution in [1.29, 1.82) is 5.26 Å². The van der Waals surface area contributed by atoms with Crippen LogP contribution in [-0.4, -0.2) is 18.2 Å². The number of anilines is 2. The van der Waals surface area contributed by atoms with E-state index in [1.54, 1.807) is 6.20 Å². The van der Waals surface area contributed by atoms with Crippen molar-refractivity contribution >= 4 is 11.5 Å². The van der Waals surface area contributed by atoms with Gasteiger partial charge in [-0.15, -0.1) is 0 Å². The quantitative estimate of drug-likeness (QED) is 0.906. The molecule has 0 radical (unpaired) electrons. The predicted octanol–water partition coefficient (Wildman–Crippen LogP) is 2.78. The summed E-state index contributed by atoms with van der Waals surface area (Å²) in [6.07, 6.45) is 1.68. The lowest BCUT2D eigenvalue weighted by Crippen LogP contribution is -2.15. The van der Waals surface area contributed by atoms with Crippen LogP contribution in [0.15, 0.2) is 30.5 Å². The second-order valence-corrected chi connectivity index (χ2v) is 4.45. The molecule has 2 heterocycles. The van der Waals surface area contributed by atoms with E-state index in [0.717, 1.165) is 17.0 Å². The Morgan fingerprint density at radius 3 is 2.80 bits per heavy atom. The van der Waals surface area contributed by atoms with Gasteiger partial charge in [0.1, 0.15) is 25.1 Å². The van der Waals surface area contributed by atoms with E-state index >= 15 is 0 Å². The molecule has 1 aromatic heterocycles. The number of hydrogen-bond acceptors (Lipinski definition) is 5. The molecule has 0 aliphatic carbocycles. The Morgan fingerprint density at radius 2 is 2.00 bits per heavy atom. The molecule has 1 aliphatic heterocycles. The van der Waals surface area contributed by atoms with Crippen LogP contribution in [0.3, 0.4) is 0 Å². The zero-order valence-electron chi connectivity index (χ0n) is 11.0. The average molecular weight is 267 g/mol. The number of nitrogens with one attached hydrogen (secondary N) is 1. The fourth-order valence-electron chi connectivity index (χ4n) is 2.05. The maximum atomic E-state index is 9.19. The van der Waals surface area contributed by atoms with Crippen molar-refractivity contribution in [2.75, 3.05) is 18.5 Å². The molecule has 0 fully saturated rings. The maximum absolute atomic E-state index is 9.19. The number of aryl methyl sites for hydroxylation is 1. The summed E-state index contributed by atoms with van der Waals surface area (Å²) in [5.74, 6) is 1.98. The smallest absolute Gasteiger partial charge is 0.163 e. The highest BCUT2D eigenvalue weighted by atomic mass is 16.6. The number of hydrogen-bond donors (Lipinski definition) is 1. The highest BCUT2D eigenvalue weighted by Gasteiger charge is 2.13. The van der Waals surface area contributed by atoms with Gasteiger partial charge in [-0.2, -0.15) is 5.26 Å². The standard InChI is InChI=1S/C15H13N3O2/c1-10-4-5-17-15(12(10)9-16)18-11-2-3-13-14(8-11)20-7-6-19-13/h2-5,8H,6-7H2,1H3,(H,17,18). The number of ether oxygens (including phenoxy) is 2. The zero-order valence-corrected chi connectivity index (χ0v) is 11.0. The van der Waals surface area contributed by atoms with E-state index in [-0.39, 0.29) is 0 Å². The molecule has 0 unspecified atom stereocenters. The lowest BCUT2D eigenvalue weighted by Gasteiger charge is -2.19. The molecule has 0 amide bonds. The SMILES string of the molecule is Cc1ccnc(Nc2ccc3c(c2)OCCO3)c1C#N. The van der Waals surface area contributed by atoms with Gasteiger partial charge in [0.25, 0.3) is 0 Å². The molecule has 100 valence electrons. The molecule has 0 bridgehead atoms. The second kappa shape index (κ2) is 5.10. The molecular formula is C15H13N3O2. The third-order valence-corrected chi connectivity index (χ3v) is 3.08. The van der Waals surface area contributed by atoms with E-state index in [0.29, 0.717) is 30.3 Å². The summed E-state index contributed by atoms with van der Waals surface area (Å²) in [6.45, 7) is 3.00. The van der Waals surface area contributed by atoms with Crippen LogP contribution in [0.25, 0.3) is 0 Å². The summed E-state index contributed by atoms with van der Waals surface area (Å²) in [6, 6.07) is 9.55. The van der Waals surface area contributed by atoms with Gasteiger partial charge in [0.15, 0.2) is 11.5 Å². The summed E-state index contributed by atoms with van der Waals surface area (Å²) >= 11 is 0. The fourth-order valence-corrected chi connectivity index (χ4v) is 2.05. The Kier molecular flexibility index (Phi) is 3.13. The number of fused-ring (bicyclic) bond motifs is 1.